The molecule has 2 saturated heterocycles. The van der Waals surface area contributed by atoms with Gasteiger partial charge < -0.3 is 16.4 Å². The molecule has 1 aromatic heterocycles. The van der Waals surface area contributed by atoms with E-state index in [-0.39, 0.29) is 18.0 Å². The van der Waals surface area contributed by atoms with Gasteiger partial charge in [-0.3, -0.25) is 29.3 Å². The highest BCUT2D eigenvalue weighted by molar-refractivity contribution is 6.29. The summed E-state index contributed by atoms with van der Waals surface area (Å²) in [6.07, 6.45) is 5.14. The predicted molar refractivity (Wildman–Crippen MR) is 102 cm³/mol. The maximum absolute atomic E-state index is 12.9. The van der Waals surface area contributed by atoms with Crippen molar-refractivity contribution in [3.8, 4) is 0 Å². The average molecular weight is 403 g/mol. The fraction of sp³-hybridized carbons (Fsp3) is 0.500. The highest BCUT2D eigenvalue weighted by Gasteiger charge is 2.46. The predicted octanol–water partition coefficient (Wildman–Crippen LogP) is -0.266. The minimum absolute atomic E-state index is 0.167. The molecule has 0 radical (unpaired) electrons. The van der Waals surface area contributed by atoms with Gasteiger partial charge in [-0.15, -0.1) is 0 Å². The molecule has 156 valence electrons. The molecule has 0 spiro atoms. The van der Waals surface area contributed by atoms with Gasteiger partial charge in [-0.25, -0.2) is 4.79 Å². The van der Waals surface area contributed by atoms with Gasteiger partial charge in [0.1, 0.15) is 11.4 Å². The Hall–Kier alpha value is -3.37. The van der Waals surface area contributed by atoms with Crippen LogP contribution in [0.2, 0.25) is 0 Å². The zero-order valence-electron chi connectivity index (χ0n) is 16.3. The van der Waals surface area contributed by atoms with E-state index < -0.39 is 29.7 Å². The van der Waals surface area contributed by atoms with E-state index in [4.69, 9.17) is 11.5 Å². The van der Waals surface area contributed by atoms with Gasteiger partial charge in [0, 0.05) is 31.9 Å². The Balaban J connectivity index is 1.77. The third-order valence-corrected chi connectivity index (χ3v) is 5.21. The molecule has 2 aliphatic heterocycles. The number of aromatic nitrogens is 2. The fourth-order valence-corrected chi connectivity index (χ4v) is 3.61. The van der Waals surface area contributed by atoms with Gasteiger partial charge >= 0.3 is 6.03 Å². The van der Waals surface area contributed by atoms with Gasteiger partial charge in [0.05, 0.1) is 11.8 Å². The lowest BCUT2D eigenvalue weighted by Crippen LogP contribution is -2.62. The van der Waals surface area contributed by atoms with E-state index in [1.165, 1.54) is 12.4 Å². The van der Waals surface area contributed by atoms with E-state index in [9.17, 15) is 19.2 Å². The number of urea groups is 1. The van der Waals surface area contributed by atoms with Crippen LogP contribution < -0.4 is 11.5 Å². The van der Waals surface area contributed by atoms with Crippen molar-refractivity contribution in [1.82, 2.24) is 24.9 Å². The summed E-state index contributed by atoms with van der Waals surface area (Å²) in [4.78, 5) is 54.6. The number of nitrogens with one attached hydrogen (secondary N) is 1. The highest BCUT2D eigenvalue weighted by Crippen LogP contribution is 2.26. The molecule has 5 amide bonds. The van der Waals surface area contributed by atoms with Crippen molar-refractivity contribution in [2.75, 3.05) is 19.6 Å². The van der Waals surface area contributed by atoms with Crippen LogP contribution in [0.4, 0.5) is 4.79 Å². The standard InChI is InChI=1S/C18H25N7O4/c1-2-3-6-24-16(27)13(14(19)20)17(28)25(18(24)29)12-4-7-23(8-5-12)15(26)11-9-21-22-10-11/h9-10,12H,2-8,19-20H2,1H3,(H,21,22). The van der Waals surface area contributed by atoms with Crippen LogP contribution in [0.3, 0.4) is 0 Å². The number of hydrogen-bond acceptors (Lipinski definition) is 7. The number of unbranched alkanes of at least 4 members (excludes halogenated alkanes) is 1. The van der Waals surface area contributed by atoms with E-state index in [1.807, 2.05) is 6.92 Å². The Morgan fingerprint density at radius 1 is 1.21 bits per heavy atom. The molecule has 3 heterocycles. The number of H-pyrrole nitrogens is 1. The van der Waals surface area contributed by atoms with Crippen molar-refractivity contribution < 1.29 is 19.2 Å². The Morgan fingerprint density at radius 3 is 2.45 bits per heavy atom. The van der Waals surface area contributed by atoms with Crippen molar-refractivity contribution in [3.05, 3.63) is 29.4 Å². The van der Waals surface area contributed by atoms with Gasteiger partial charge in [-0.05, 0) is 19.3 Å². The van der Waals surface area contributed by atoms with Crippen molar-refractivity contribution in [1.29, 1.82) is 0 Å². The zero-order chi connectivity index (χ0) is 21.1. The van der Waals surface area contributed by atoms with Crippen LogP contribution in [0.15, 0.2) is 23.8 Å². The Kier molecular flexibility index (Phi) is 5.85. The third-order valence-electron chi connectivity index (χ3n) is 5.21. The monoisotopic (exact) mass is 403 g/mol. The Bertz CT molecular complexity index is 836. The van der Waals surface area contributed by atoms with Crippen LogP contribution in [0.5, 0.6) is 0 Å². The molecule has 0 unspecified atom stereocenters. The average Bonchev–Trinajstić information content (AvgIpc) is 3.22. The molecule has 0 aliphatic carbocycles. The number of imide groups is 2. The van der Waals surface area contributed by atoms with Crippen molar-refractivity contribution in [3.63, 3.8) is 0 Å². The summed E-state index contributed by atoms with van der Waals surface area (Å²) in [5.41, 5.74) is 11.2. The van der Waals surface area contributed by atoms with Gasteiger partial charge in [0.15, 0.2) is 0 Å². The lowest BCUT2D eigenvalue weighted by Gasteiger charge is -2.41. The molecule has 5 N–H and O–H groups in total. The first kappa shape index (κ1) is 20.4. The number of hydrogen-bond donors (Lipinski definition) is 3. The van der Waals surface area contributed by atoms with Gasteiger partial charge in [-0.1, -0.05) is 13.3 Å². The van der Waals surface area contributed by atoms with Gasteiger partial charge in [0.2, 0.25) is 0 Å². The maximum Gasteiger partial charge on any atom is 0.334 e. The minimum Gasteiger partial charge on any atom is -0.385 e. The summed E-state index contributed by atoms with van der Waals surface area (Å²) in [7, 11) is 0. The maximum atomic E-state index is 12.9. The summed E-state index contributed by atoms with van der Waals surface area (Å²) >= 11 is 0. The molecular formula is C18H25N7O4. The second kappa shape index (κ2) is 8.33. The molecule has 0 bridgehead atoms. The Morgan fingerprint density at radius 2 is 1.90 bits per heavy atom. The summed E-state index contributed by atoms with van der Waals surface area (Å²) in [6, 6.07) is -1.10. The number of aromatic amines is 1. The zero-order valence-corrected chi connectivity index (χ0v) is 16.3. The van der Waals surface area contributed by atoms with Crippen molar-refractivity contribution >= 4 is 23.8 Å². The third kappa shape index (κ3) is 3.80. The largest absolute Gasteiger partial charge is 0.385 e. The quantitative estimate of drug-likeness (QED) is 0.451. The molecule has 2 aliphatic rings. The van der Waals surface area contributed by atoms with E-state index in [1.54, 1.807) is 4.90 Å². The van der Waals surface area contributed by atoms with Crippen molar-refractivity contribution in [2.24, 2.45) is 11.5 Å². The smallest absolute Gasteiger partial charge is 0.334 e. The summed E-state index contributed by atoms with van der Waals surface area (Å²) < 4.78 is 0. The number of carbonyl (C=O) groups excluding carboxylic acids is 4. The number of nitrogens with zero attached hydrogens (tertiary/aromatic N) is 4. The molecule has 1 aromatic rings. The molecule has 0 atom stereocenters. The number of rotatable bonds is 5. The number of nitrogens with two attached hydrogens (primary N) is 2. The summed E-state index contributed by atoms with van der Waals surface area (Å²) in [5, 5.41) is 6.38. The van der Waals surface area contributed by atoms with E-state index in [0.29, 0.717) is 37.9 Å². The summed E-state index contributed by atoms with van der Waals surface area (Å²) in [5.74, 6) is -2.09. The number of barbiturate groups is 1. The second-order valence-corrected chi connectivity index (χ2v) is 7.11. The fourth-order valence-electron chi connectivity index (χ4n) is 3.61. The number of carbonyl (C=O) groups is 4. The first-order valence-electron chi connectivity index (χ1n) is 9.59. The van der Waals surface area contributed by atoms with Crippen LogP contribution in [0.1, 0.15) is 43.0 Å². The van der Waals surface area contributed by atoms with Crippen LogP contribution >= 0.6 is 0 Å². The van der Waals surface area contributed by atoms with Crippen LogP contribution in [-0.4, -0.2) is 74.3 Å². The van der Waals surface area contributed by atoms with E-state index in [0.717, 1.165) is 16.2 Å². The van der Waals surface area contributed by atoms with Crippen LogP contribution in [0.25, 0.3) is 0 Å². The van der Waals surface area contributed by atoms with Gasteiger partial charge in [-0.2, -0.15) is 5.10 Å². The number of likely N-dealkylation sites (tertiary alicyclic amines) is 1. The highest BCUT2D eigenvalue weighted by atomic mass is 16.2. The molecule has 11 nitrogen and oxygen atoms in total. The first-order valence-corrected chi connectivity index (χ1v) is 9.59. The SMILES string of the molecule is CCCCN1C(=O)C(=C(N)N)C(=O)N(C2CCN(C(=O)c3cn[nH]c3)CC2)C1=O. The lowest BCUT2D eigenvalue weighted by atomic mass is 9.99. The second-order valence-electron chi connectivity index (χ2n) is 7.11. The van der Waals surface area contributed by atoms with Gasteiger partial charge in [0.25, 0.3) is 17.7 Å². The van der Waals surface area contributed by atoms with E-state index in [2.05, 4.69) is 10.2 Å². The minimum atomic E-state index is -0.771. The molecule has 3 rings (SSSR count). The van der Waals surface area contributed by atoms with Crippen LogP contribution in [-0.2, 0) is 9.59 Å². The molecule has 0 saturated carbocycles. The molecular weight excluding hydrogens is 378 g/mol. The topological polar surface area (TPSA) is 159 Å². The number of amides is 5. The molecule has 2 fully saturated rings. The summed E-state index contributed by atoms with van der Waals surface area (Å²) in [6.45, 7) is 2.85. The first-order chi connectivity index (χ1) is 13.9. The molecule has 29 heavy (non-hydrogen) atoms. The van der Waals surface area contributed by atoms with Crippen LogP contribution in [0, 0.1) is 0 Å². The van der Waals surface area contributed by atoms with E-state index >= 15 is 0 Å². The molecule has 11 heteroatoms. The van der Waals surface area contributed by atoms with Crippen molar-refractivity contribution in [2.45, 2.75) is 38.6 Å². The molecule has 0 aromatic carbocycles. The lowest BCUT2D eigenvalue weighted by molar-refractivity contribution is -0.137. The normalized spacial score (nSPS) is 18.6. The number of piperidine rings is 1. The Labute approximate surface area is 167 Å².